The number of aromatic nitrogens is 2. The molecule has 5 rings (SSSR count). The van der Waals surface area contributed by atoms with Crippen LogP contribution in [0.1, 0.15) is 50.6 Å². The molecule has 0 unspecified atom stereocenters. The van der Waals surface area contributed by atoms with Crippen LogP contribution in [-0.2, 0) is 18.9 Å². The van der Waals surface area contributed by atoms with E-state index in [9.17, 15) is 19.2 Å². The number of benzene rings is 2. The van der Waals surface area contributed by atoms with Crippen molar-refractivity contribution in [3.8, 4) is 0 Å². The van der Waals surface area contributed by atoms with Gasteiger partial charge in [0.25, 0.3) is 17.7 Å². The van der Waals surface area contributed by atoms with E-state index in [1.165, 1.54) is 6.42 Å². The number of anilines is 5. The number of rotatable bonds is 14. The number of halogens is 2. The largest absolute Gasteiger partial charge is 0.369 e. The number of amides is 4. The minimum absolute atomic E-state index is 0.117. The highest BCUT2D eigenvalue weighted by Gasteiger charge is 2.18. The van der Waals surface area contributed by atoms with Crippen LogP contribution in [0.4, 0.5) is 28.4 Å². The first kappa shape index (κ1) is 36.5. The van der Waals surface area contributed by atoms with Crippen molar-refractivity contribution in [1.29, 1.82) is 0 Å². The molecular weight excluding hydrogens is 679 g/mol. The molecule has 1 aliphatic heterocycles. The van der Waals surface area contributed by atoms with Crippen molar-refractivity contribution in [2.75, 3.05) is 70.7 Å². The van der Waals surface area contributed by atoms with E-state index in [0.717, 1.165) is 31.6 Å². The molecule has 1 fully saturated rings. The van der Waals surface area contributed by atoms with Crippen LogP contribution in [0.3, 0.4) is 0 Å². The number of aryl methyl sites for hydroxylation is 2. The van der Waals surface area contributed by atoms with E-state index in [0.29, 0.717) is 71.1 Å². The van der Waals surface area contributed by atoms with Crippen molar-refractivity contribution in [2.24, 2.45) is 14.1 Å². The van der Waals surface area contributed by atoms with Gasteiger partial charge in [0, 0.05) is 74.0 Å². The summed E-state index contributed by atoms with van der Waals surface area (Å²) in [6, 6.07) is 17.2. The molecular formula is C36H42Cl2N8O4. The minimum atomic E-state index is -0.412. The van der Waals surface area contributed by atoms with Gasteiger partial charge in [0.1, 0.15) is 11.4 Å². The number of piperidine rings is 1. The monoisotopic (exact) mass is 720 g/mol. The smallest absolute Gasteiger partial charge is 0.272 e. The second-order valence-electron chi connectivity index (χ2n) is 12.2. The molecule has 264 valence electrons. The first-order valence-corrected chi connectivity index (χ1v) is 17.6. The first-order chi connectivity index (χ1) is 24.1. The molecule has 50 heavy (non-hydrogen) atoms. The van der Waals surface area contributed by atoms with Gasteiger partial charge in [-0.15, -0.1) is 23.2 Å². The molecule has 4 N–H and O–H groups in total. The summed E-state index contributed by atoms with van der Waals surface area (Å²) in [5.41, 5.74) is 3.97. The lowest BCUT2D eigenvalue weighted by molar-refractivity contribution is -0.117. The number of nitrogens with zero attached hydrogens (tertiary/aromatic N) is 4. The van der Waals surface area contributed by atoms with Crippen LogP contribution in [0.15, 0.2) is 73.1 Å². The predicted molar refractivity (Wildman–Crippen MR) is 200 cm³/mol. The SMILES string of the molecule is Cn1cc(NC(=O)CN2CCCCC2)cc1C(=O)Nc1cccc(C(=O)Nc2cc(C(=O)Nc3ccc(N(CCCl)CCCl)cc3)n(C)c2)c1. The lowest BCUT2D eigenvalue weighted by Gasteiger charge is -2.25. The highest BCUT2D eigenvalue weighted by Crippen LogP contribution is 2.22. The van der Waals surface area contributed by atoms with Crippen LogP contribution < -0.4 is 26.2 Å². The Hall–Kier alpha value is -4.78. The summed E-state index contributed by atoms with van der Waals surface area (Å²) < 4.78 is 3.27. The summed E-state index contributed by atoms with van der Waals surface area (Å²) in [5, 5.41) is 11.4. The van der Waals surface area contributed by atoms with Crippen LogP contribution >= 0.6 is 23.2 Å². The third-order valence-corrected chi connectivity index (χ3v) is 8.75. The van der Waals surface area contributed by atoms with Gasteiger partial charge in [-0.05, 0) is 80.5 Å². The van der Waals surface area contributed by atoms with Gasteiger partial charge in [0.05, 0.1) is 17.9 Å². The predicted octanol–water partition coefficient (Wildman–Crippen LogP) is 5.83. The fourth-order valence-corrected chi connectivity index (χ4v) is 6.31. The molecule has 12 nitrogen and oxygen atoms in total. The van der Waals surface area contributed by atoms with E-state index < -0.39 is 11.8 Å². The first-order valence-electron chi connectivity index (χ1n) is 16.5. The standard InChI is InChI=1S/C36H42Cl2N8O4/c1-43-22-28(39-33(47)24-45-15-4-3-5-16-45)20-31(43)36(50)41-27-8-6-7-25(19-27)34(48)42-29-21-32(44(2)23-29)35(49)40-26-9-11-30(12-10-26)46(17-13-37)18-14-38/h6-12,19-23H,3-5,13-18,24H2,1-2H3,(H,39,47)(H,40,49)(H,41,50)(H,42,48). The maximum absolute atomic E-state index is 13.2. The molecule has 0 saturated carbocycles. The minimum Gasteiger partial charge on any atom is -0.369 e. The zero-order valence-electron chi connectivity index (χ0n) is 28.2. The van der Waals surface area contributed by atoms with E-state index in [-0.39, 0.29) is 11.8 Å². The lowest BCUT2D eigenvalue weighted by atomic mass is 10.1. The quantitative estimate of drug-likeness (QED) is 0.121. The number of nitrogens with one attached hydrogen (secondary N) is 4. The van der Waals surface area contributed by atoms with E-state index in [4.69, 9.17) is 23.2 Å². The van der Waals surface area contributed by atoms with Crippen LogP contribution in [0.25, 0.3) is 0 Å². The maximum atomic E-state index is 13.2. The van der Waals surface area contributed by atoms with Crippen LogP contribution in [0.2, 0.25) is 0 Å². The van der Waals surface area contributed by atoms with Crippen molar-refractivity contribution in [3.05, 3.63) is 90.0 Å². The molecule has 0 bridgehead atoms. The normalized spacial score (nSPS) is 13.0. The molecule has 1 saturated heterocycles. The molecule has 1 aliphatic rings. The summed E-state index contributed by atoms with van der Waals surface area (Å²) >= 11 is 11.8. The average molecular weight is 722 g/mol. The van der Waals surface area contributed by atoms with Gasteiger partial charge in [-0.25, -0.2) is 0 Å². The summed E-state index contributed by atoms with van der Waals surface area (Å²) in [6.45, 7) is 3.47. The van der Waals surface area contributed by atoms with E-state index >= 15 is 0 Å². The van der Waals surface area contributed by atoms with Gasteiger partial charge in [-0.2, -0.15) is 0 Å². The topological polar surface area (TPSA) is 133 Å². The maximum Gasteiger partial charge on any atom is 0.272 e. The van der Waals surface area contributed by atoms with Gasteiger partial charge in [-0.3, -0.25) is 24.1 Å². The fourth-order valence-electron chi connectivity index (χ4n) is 5.90. The van der Waals surface area contributed by atoms with Crippen LogP contribution in [-0.4, -0.2) is 82.1 Å². The Morgan fingerprint density at radius 2 is 1.22 bits per heavy atom. The zero-order chi connectivity index (χ0) is 35.6. The Kier molecular flexibility index (Phi) is 12.6. The highest BCUT2D eigenvalue weighted by atomic mass is 35.5. The van der Waals surface area contributed by atoms with E-state index in [1.54, 1.807) is 72.0 Å². The summed E-state index contributed by atoms with van der Waals surface area (Å²) in [4.78, 5) is 56.2. The Balaban J connectivity index is 1.16. The number of alkyl halides is 2. The van der Waals surface area contributed by atoms with Crippen LogP contribution in [0.5, 0.6) is 0 Å². The molecule has 0 spiro atoms. The molecule has 0 radical (unpaired) electrons. The molecule has 0 aliphatic carbocycles. The highest BCUT2D eigenvalue weighted by molar-refractivity contribution is 6.18. The fraction of sp³-hybridized carbons (Fsp3) is 0.333. The van der Waals surface area contributed by atoms with Gasteiger partial charge >= 0.3 is 0 Å². The molecule has 4 amide bonds. The summed E-state index contributed by atoms with van der Waals surface area (Å²) in [5.74, 6) is -0.313. The van der Waals surface area contributed by atoms with Crippen molar-refractivity contribution in [1.82, 2.24) is 14.0 Å². The van der Waals surface area contributed by atoms with Gasteiger partial charge in [0.15, 0.2) is 0 Å². The van der Waals surface area contributed by atoms with Crippen molar-refractivity contribution in [2.45, 2.75) is 19.3 Å². The second-order valence-corrected chi connectivity index (χ2v) is 12.9. The Morgan fingerprint density at radius 1 is 0.660 bits per heavy atom. The van der Waals surface area contributed by atoms with Gasteiger partial charge in [-0.1, -0.05) is 12.5 Å². The summed E-state index contributed by atoms with van der Waals surface area (Å²) in [6.07, 6.45) is 6.73. The van der Waals surface area contributed by atoms with Gasteiger partial charge < -0.3 is 35.3 Å². The number of hydrogen-bond donors (Lipinski definition) is 4. The number of carbonyl (C=O) groups excluding carboxylic acids is 4. The number of carbonyl (C=O) groups is 4. The molecule has 0 atom stereocenters. The second kappa shape index (κ2) is 17.2. The molecule has 2 aromatic carbocycles. The third-order valence-electron chi connectivity index (χ3n) is 8.41. The number of hydrogen-bond acceptors (Lipinski definition) is 6. The van der Waals surface area contributed by atoms with Crippen molar-refractivity contribution in [3.63, 3.8) is 0 Å². The molecule has 4 aromatic rings. The Morgan fingerprint density at radius 3 is 1.82 bits per heavy atom. The Labute approximate surface area is 301 Å². The van der Waals surface area contributed by atoms with Gasteiger partial charge in [0.2, 0.25) is 5.91 Å². The van der Waals surface area contributed by atoms with Crippen molar-refractivity contribution < 1.29 is 19.2 Å². The number of likely N-dealkylation sites (tertiary alicyclic amines) is 1. The molecule has 3 heterocycles. The average Bonchev–Trinajstić information content (AvgIpc) is 3.66. The van der Waals surface area contributed by atoms with E-state index in [2.05, 4.69) is 31.1 Å². The van der Waals surface area contributed by atoms with Crippen LogP contribution in [0, 0.1) is 0 Å². The summed E-state index contributed by atoms with van der Waals surface area (Å²) in [7, 11) is 3.44. The Bertz CT molecular complexity index is 1810. The van der Waals surface area contributed by atoms with Crippen molar-refractivity contribution >= 4 is 75.3 Å². The molecule has 14 heteroatoms. The zero-order valence-corrected chi connectivity index (χ0v) is 29.7. The lowest BCUT2D eigenvalue weighted by Crippen LogP contribution is -2.36. The third kappa shape index (κ3) is 9.68. The van der Waals surface area contributed by atoms with E-state index in [1.807, 2.05) is 24.3 Å². The molecule has 2 aromatic heterocycles.